The number of alkyl halides is 2. The van der Waals surface area contributed by atoms with Crippen molar-refractivity contribution < 1.29 is 13.9 Å². The van der Waals surface area contributed by atoms with Crippen molar-refractivity contribution >= 4 is 5.65 Å². The first-order valence-corrected chi connectivity index (χ1v) is 6.38. The molecule has 0 saturated heterocycles. The van der Waals surface area contributed by atoms with Gasteiger partial charge >= 0.3 is 0 Å². The van der Waals surface area contributed by atoms with Gasteiger partial charge in [0.15, 0.2) is 5.65 Å². The first-order valence-electron chi connectivity index (χ1n) is 6.38. The molecule has 2 rings (SSSR count). The van der Waals surface area contributed by atoms with Crippen molar-refractivity contribution in [2.24, 2.45) is 0 Å². The summed E-state index contributed by atoms with van der Waals surface area (Å²) < 4.78 is 27.8. The number of fused-ring (bicyclic) bond motifs is 1. The largest absolute Gasteiger partial charge is 0.390 e. The molecule has 2 aromatic rings. The summed E-state index contributed by atoms with van der Waals surface area (Å²) >= 11 is 0. The van der Waals surface area contributed by atoms with Crippen molar-refractivity contribution in [2.75, 3.05) is 13.2 Å². The highest BCUT2D eigenvalue weighted by atomic mass is 19.3. The van der Waals surface area contributed by atoms with Gasteiger partial charge in [-0.1, -0.05) is 0 Å². The summed E-state index contributed by atoms with van der Waals surface area (Å²) in [5.74, 6) is -3.12. The molecule has 0 fully saturated rings. The Morgan fingerprint density at radius 3 is 2.80 bits per heavy atom. The minimum atomic E-state index is -3.12. The topological polar surface area (TPSA) is 62.5 Å². The molecule has 7 heteroatoms. The minimum absolute atomic E-state index is 0.311. The van der Waals surface area contributed by atoms with Gasteiger partial charge in [-0.3, -0.25) is 0 Å². The molecule has 2 N–H and O–H groups in total. The van der Waals surface area contributed by atoms with Crippen LogP contribution in [0.3, 0.4) is 0 Å². The molecule has 20 heavy (non-hydrogen) atoms. The fraction of sp³-hybridized carbons (Fsp3) is 0.538. The highest BCUT2D eigenvalue weighted by Crippen LogP contribution is 2.19. The molecule has 0 radical (unpaired) electrons. The van der Waals surface area contributed by atoms with E-state index < -0.39 is 19.1 Å². The molecule has 5 nitrogen and oxygen atoms in total. The van der Waals surface area contributed by atoms with Gasteiger partial charge in [-0.05, 0) is 20.8 Å². The Morgan fingerprint density at radius 1 is 1.45 bits per heavy atom. The number of aliphatic hydroxyl groups is 1. The summed E-state index contributed by atoms with van der Waals surface area (Å²) in [6.45, 7) is 3.78. The number of aromatic nitrogens is 3. The average molecular weight is 284 g/mol. The van der Waals surface area contributed by atoms with Crippen LogP contribution in [0.25, 0.3) is 5.65 Å². The second kappa shape index (κ2) is 5.41. The molecule has 110 valence electrons. The molecular formula is C13H18F2N4O. The molecule has 0 aromatic carbocycles. The van der Waals surface area contributed by atoms with Crippen LogP contribution in [0.5, 0.6) is 0 Å². The molecular weight excluding hydrogens is 266 g/mol. The Balaban J connectivity index is 2.22. The van der Waals surface area contributed by atoms with Crippen LogP contribution in [0, 0.1) is 13.8 Å². The number of rotatable bonds is 5. The smallest absolute Gasteiger partial charge is 0.282 e. The first-order chi connectivity index (χ1) is 9.34. The van der Waals surface area contributed by atoms with E-state index in [-0.39, 0.29) is 6.04 Å². The van der Waals surface area contributed by atoms with Crippen LogP contribution in [-0.2, 0) is 0 Å². The van der Waals surface area contributed by atoms with Gasteiger partial charge < -0.3 is 10.4 Å². The lowest BCUT2D eigenvalue weighted by atomic mass is 10.1. The molecule has 0 saturated carbocycles. The highest BCUT2D eigenvalue weighted by molar-refractivity contribution is 5.42. The van der Waals surface area contributed by atoms with Gasteiger partial charge in [0.05, 0.1) is 12.2 Å². The summed E-state index contributed by atoms with van der Waals surface area (Å²) in [4.78, 5) is 4.27. The quantitative estimate of drug-likeness (QED) is 0.876. The van der Waals surface area contributed by atoms with Crippen LogP contribution >= 0.6 is 0 Å². The van der Waals surface area contributed by atoms with Crippen LogP contribution in [-0.4, -0.2) is 38.8 Å². The van der Waals surface area contributed by atoms with Crippen LogP contribution < -0.4 is 5.32 Å². The van der Waals surface area contributed by atoms with E-state index in [1.54, 1.807) is 17.6 Å². The average Bonchev–Trinajstić information content (AvgIpc) is 2.78. The number of aliphatic hydroxyl groups excluding tert-OH is 1. The molecule has 0 spiro atoms. The second-order valence-corrected chi connectivity index (χ2v) is 4.97. The van der Waals surface area contributed by atoms with Crippen LogP contribution in [0.4, 0.5) is 8.78 Å². The summed E-state index contributed by atoms with van der Waals surface area (Å²) in [5.41, 5.74) is 3.24. The monoisotopic (exact) mass is 284 g/mol. The van der Waals surface area contributed by atoms with Gasteiger partial charge in [0.25, 0.3) is 5.92 Å². The van der Waals surface area contributed by atoms with E-state index in [0.717, 1.165) is 22.6 Å². The third-order valence-corrected chi connectivity index (χ3v) is 3.25. The van der Waals surface area contributed by atoms with E-state index in [1.807, 2.05) is 19.9 Å². The van der Waals surface area contributed by atoms with Gasteiger partial charge in [0.1, 0.15) is 6.61 Å². The number of aryl methyl sites for hydroxylation is 2. The molecule has 2 aromatic heterocycles. The Kier molecular flexibility index (Phi) is 4.01. The zero-order valence-electron chi connectivity index (χ0n) is 11.7. The lowest BCUT2D eigenvalue weighted by Gasteiger charge is -2.20. The van der Waals surface area contributed by atoms with Crippen molar-refractivity contribution in [3.8, 4) is 0 Å². The predicted octanol–water partition coefficient (Wildman–Crippen LogP) is 1.62. The van der Waals surface area contributed by atoms with Crippen molar-refractivity contribution in [3.05, 3.63) is 29.2 Å². The molecule has 0 amide bonds. The lowest BCUT2D eigenvalue weighted by molar-refractivity contribution is -0.0491. The maximum absolute atomic E-state index is 13.0. The Labute approximate surface area is 115 Å². The van der Waals surface area contributed by atoms with Crippen LogP contribution in [0.15, 0.2) is 12.3 Å². The normalized spacial score (nSPS) is 13.9. The molecule has 0 aliphatic heterocycles. The summed E-state index contributed by atoms with van der Waals surface area (Å²) in [6, 6.07) is 1.54. The summed E-state index contributed by atoms with van der Waals surface area (Å²) in [7, 11) is 0. The molecule has 0 bridgehead atoms. The zero-order valence-corrected chi connectivity index (χ0v) is 11.7. The minimum Gasteiger partial charge on any atom is -0.390 e. The lowest BCUT2D eigenvalue weighted by Crippen LogP contribution is -2.37. The third-order valence-electron chi connectivity index (χ3n) is 3.25. The second-order valence-electron chi connectivity index (χ2n) is 4.97. The first kappa shape index (κ1) is 14.8. The predicted molar refractivity (Wildman–Crippen MR) is 70.9 cm³/mol. The number of hydrogen-bond donors (Lipinski definition) is 2. The van der Waals surface area contributed by atoms with Gasteiger partial charge in [-0.25, -0.2) is 18.3 Å². The van der Waals surface area contributed by atoms with Crippen molar-refractivity contribution in [1.82, 2.24) is 19.9 Å². The third kappa shape index (κ3) is 2.94. The van der Waals surface area contributed by atoms with Gasteiger partial charge in [0, 0.05) is 29.6 Å². The zero-order chi connectivity index (χ0) is 14.9. The maximum atomic E-state index is 13.0. The van der Waals surface area contributed by atoms with E-state index in [1.165, 1.54) is 0 Å². The number of halogens is 2. The van der Waals surface area contributed by atoms with E-state index in [9.17, 15) is 8.78 Å². The number of hydrogen-bond acceptors (Lipinski definition) is 4. The number of nitrogens with one attached hydrogen (secondary N) is 1. The summed E-state index contributed by atoms with van der Waals surface area (Å²) in [5, 5.41) is 15.6. The van der Waals surface area contributed by atoms with E-state index >= 15 is 0 Å². The van der Waals surface area contributed by atoms with E-state index in [2.05, 4.69) is 15.4 Å². The van der Waals surface area contributed by atoms with Crippen LogP contribution in [0.1, 0.15) is 29.9 Å². The summed E-state index contributed by atoms with van der Waals surface area (Å²) in [6.07, 6.45) is 1.67. The Morgan fingerprint density at radius 2 is 2.15 bits per heavy atom. The maximum Gasteiger partial charge on any atom is 0.282 e. The molecule has 2 heterocycles. The van der Waals surface area contributed by atoms with Gasteiger partial charge in [0.2, 0.25) is 0 Å². The highest BCUT2D eigenvalue weighted by Gasteiger charge is 2.28. The molecule has 0 aliphatic carbocycles. The Hall–Kier alpha value is -1.60. The molecule has 1 unspecified atom stereocenters. The van der Waals surface area contributed by atoms with Crippen LogP contribution in [0.2, 0.25) is 0 Å². The standard InChI is InChI=1S/C13H18F2N4O/c1-8-4-12-16-5-11(10(3)19(12)18-8)9(2)17-6-13(14,15)7-20/h4-5,9,17,20H,6-7H2,1-3H3. The van der Waals surface area contributed by atoms with Crippen molar-refractivity contribution in [1.29, 1.82) is 0 Å². The fourth-order valence-electron chi connectivity index (χ4n) is 2.07. The Bertz CT molecular complexity index is 612. The van der Waals surface area contributed by atoms with Crippen molar-refractivity contribution in [2.45, 2.75) is 32.7 Å². The van der Waals surface area contributed by atoms with Crippen molar-refractivity contribution in [3.63, 3.8) is 0 Å². The fourth-order valence-corrected chi connectivity index (χ4v) is 2.07. The molecule has 0 aliphatic rings. The number of nitrogens with zero attached hydrogens (tertiary/aromatic N) is 3. The van der Waals surface area contributed by atoms with E-state index in [0.29, 0.717) is 0 Å². The van der Waals surface area contributed by atoms with E-state index in [4.69, 9.17) is 5.11 Å². The van der Waals surface area contributed by atoms with Gasteiger partial charge in [-0.2, -0.15) is 5.10 Å². The van der Waals surface area contributed by atoms with Gasteiger partial charge in [-0.15, -0.1) is 0 Å². The molecule has 1 atom stereocenters. The SMILES string of the molecule is Cc1cc2ncc(C(C)NCC(F)(F)CO)c(C)n2n1.